The predicted octanol–water partition coefficient (Wildman–Crippen LogP) is 4.02. The largest absolute Gasteiger partial charge is 0.497 e. The van der Waals surface area contributed by atoms with Gasteiger partial charge in [0, 0.05) is 24.1 Å². The molecule has 1 N–H and O–H groups in total. The molecule has 3 rings (SSSR count). The Labute approximate surface area is 174 Å². The molecule has 0 atom stereocenters. The third kappa shape index (κ3) is 5.23. The molecule has 1 heterocycles. The van der Waals surface area contributed by atoms with Crippen LogP contribution in [-0.2, 0) is 4.79 Å². The summed E-state index contributed by atoms with van der Waals surface area (Å²) in [6, 6.07) is 12.8. The smallest absolute Gasteiger partial charge is 0.234 e. The van der Waals surface area contributed by atoms with Crippen LogP contribution in [0.2, 0.25) is 0 Å². The molecule has 0 saturated carbocycles. The maximum atomic E-state index is 12.3. The first kappa shape index (κ1) is 20.6. The van der Waals surface area contributed by atoms with Crippen molar-refractivity contribution in [1.29, 1.82) is 0 Å². The number of hydrogen-bond donors (Lipinski definition) is 1. The Morgan fingerprint density at radius 2 is 1.86 bits per heavy atom. The van der Waals surface area contributed by atoms with Gasteiger partial charge in [0.15, 0.2) is 5.16 Å². The van der Waals surface area contributed by atoms with E-state index >= 15 is 0 Å². The second kappa shape index (κ2) is 9.88. The summed E-state index contributed by atoms with van der Waals surface area (Å²) >= 11 is 1.34. The average molecular weight is 413 g/mol. The molecule has 0 bridgehead atoms. The number of anilines is 1. The van der Waals surface area contributed by atoms with Gasteiger partial charge in [-0.25, -0.2) is 4.98 Å². The van der Waals surface area contributed by atoms with Crippen molar-refractivity contribution in [2.24, 2.45) is 0 Å². The quantitative estimate of drug-likeness (QED) is 0.534. The van der Waals surface area contributed by atoms with E-state index in [4.69, 9.17) is 14.2 Å². The number of imidazole rings is 1. The zero-order valence-electron chi connectivity index (χ0n) is 16.5. The van der Waals surface area contributed by atoms with Crippen LogP contribution in [0, 0.1) is 0 Å². The average Bonchev–Trinajstić information content (AvgIpc) is 3.21. The van der Waals surface area contributed by atoms with Gasteiger partial charge in [-0.3, -0.25) is 9.36 Å². The Morgan fingerprint density at radius 3 is 2.55 bits per heavy atom. The molecule has 152 valence electrons. The van der Waals surface area contributed by atoms with E-state index in [2.05, 4.69) is 10.3 Å². The molecule has 0 fully saturated rings. The number of thioether (sulfide) groups is 1. The molecule has 7 nitrogen and oxygen atoms in total. The van der Waals surface area contributed by atoms with Crippen LogP contribution in [0.4, 0.5) is 5.69 Å². The van der Waals surface area contributed by atoms with Crippen LogP contribution in [0.25, 0.3) is 5.69 Å². The van der Waals surface area contributed by atoms with E-state index in [9.17, 15) is 4.79 Å². The number of nitrogens with one attached hydrogen (secondary N) is 1. The Morgan fingerprint density at radius 1 is 1.10 bits per heavy atom. The monoisotopic (exact) mass is 413 g/mol. The van der Waals surface area contributed by atoms with Gasteiger partial charge >= 0.3 is 0 Å². The molecule has 0 aliphatic rings. The third-order valence-electron chi connectivity index (χ3n) is 4.03. The van der Waals surface area contributed by atoms with Gasteiger partial charge in [0.2, 0.25) is 5.91 Å². The van der Waals surface area contributed by atoms with Gasteiger partial charge in [-0.05, 0) is 43.3 Å². The summed E-state index contributed by atoms with van der Waals surface area (Å²) in [6.07, 6.45) is 3.52. The zero-order valence-corrected chi connectivity index (χ0v) is 17.4. The van der Waals surface area contributed by atoms with Crippen molar-refractivity contribution in [3.63, 3.8) is 0 Å². The second-order valence-corrected chi connectivity index (χ2v) is 6.85. The standard InChI is InChI=1S/C21H23N3O4S/c1-4-28-16-7-5-15(6-8-16)23-20(25)14-29-21-22-11-12-24(21)18-10-9-17(26-2)13-19(18)27-3/h5-13H,4,14H2,1-3H3,(H,23,25). The van der Waals surface area contributed by atoms with Crippen LogP contribution < -0.4 is 19.5 Å². The molecule has 29 heavy (non-hydrogen) atoms. The number of carbonyl (C=O) groups excluding carboxylic acids is 1. The summed E-state index contributed by atoms with van der Waals surface area (Å²) in [7, 11) is 3.21. The lowest BCUT2D eigenvalue weighted by Gasteiger charge is -2.13. The van der Waals surface area contributed by atoms with Crippen LogP contribution in [0.5, 0.6) is 17.2 Å². The van der Waals surface area contributed by atoms with Crippen molar-refractivity contribution in [2.45, 2.75) is 12.1 Å². The third-order valence-corrected chi connectivity index (χ3v) is 5.00. The van der Waals surface area contributed by atoms with E-state index in [0.717, 1.165) is 17.1 Å². The number of aromatic nitrogens is 2. The van der Waals surface area contributed by atoms with Crippen LogP contribution in [0.15, 0.2) is 60.0 Å². The molecule has 3 aromatic rings. The van der Waals surface area contributed by atoms with E-state index in [1.165, 1.54) is 11.8 Å². The molecule has 1 aromatic heterocycles. The number of benzene rings is 2. The number of amides is 1. The van der Waals surface area contributed by atoms with E-state index in [1.54, 1.807) is 20.4 Å². The normalized spacial score (nSPS) is 10.4. The first-order valence-electron chi connectivity index (χ1n) is 9.06. The molecule has 1 amide bonds. The Kier molecular flexibility index (Phi) is 7.02. The Bertz CT molecular complexity index is 957. The molecule has 0 aliphatic carbocycles. The molecule has 0 aliphatic heterocycles. The molecule has 0 spiro atoms. The maximum Gasteiger partial charge on any atom is 0.234 e. The lowest BCUT2D eigenvalue weighted by atomic mass is 10.2. The van der Waals surface area contributed by atoms with Crippen LogP contribution >= 0.6 is 11.8 Å². The SMILES string of the molecule is CCOc1ccc(NC(=O)CSc2nccn2-c2ccc(OC)cc2OC)cc1. The molecule has 8 heteroatoms. The van der Waals surface area contributed by atoms with Crippen molar-refractivity contribution in [1.82, 2.24) is 9.55 Å². The summed E-state index contributed by atoms with van der Waals surface area (Å²) < 4.78 is 18.0. The molecular weight excluding hydrogens is 390 g/mol. The number of rotatable bonds is 9. The fourth-order valence-corrected chi connectivity index (χ4v) is 3.46. The van der Waals surface area contributed by atoms with E-state index in [0.29, 0.717) is 23.3 Å². The number of ether oxygens (including phenoxy) is 3. The summed E-state index contributed by atoms with van der Waals surface area (Å²) in [4.78, 5) is 16.7. The minimum Gasteiger partial charge on any atom is -0.497 e. The molecule has 0 saturated heterocycles. The van der Waals surface area contributed by atoms with Gasteiger partial charge in [-0.1, -0.05) is 11.8 Å². The number of methoxy groups -OCH3 is 2. The lowest BCUT2D eigenvalue weighted by molar-refractivity contribution is -0.113. The van der Waals surface area contributed by atoms with Crippen LogP contribution in [-0.4, -0.2) is 42.0 Å². The van der Waals surface area contributed by atoms with Crippen molar-refractivity contribution in [3.05, 3.63) is 54.9 Å². The van der Waals surface area contributed by atoms with Crippen LogP contribution in [0.1, 0.15) is 6.92 Å². The van der Waals surface area contributed by atoms with Crippen molar-refractivity contribution < 1.29 is 19.0 Å². The number of carbonyl (C=O) groups is 1. The summed E-state index contributed by atoms with van der Waals surface area (Å²) in [6.45, 7) is 2.53. The summed E-state index contributed by atoms with van der Waals surface area (Å²) in [5.74, 6) is 2.24. The minimum absolute atomic E-state index is 0.115. The van der Waals surface area contributed by atoms with Gasteiger partial charge in [0.1, 0.15) is 17.2 Å². The molecule has 0 unspecified atom stereocenters. The van der Waals surface area contributed by atoms with E-state index < -0.39 is 0 Å². The highest BCUT2D eigenvalue weighted by molar-refractivity contribution is 7.99. The highest BCUT2D eigenvalue weighted by atomic mass is 32.2. The van der Waals surface area contributed by atoms with Gasteiger partial charge in [-0.2, -0.15) is 0 Å². The van der Waals surface area contributed by atoms with E-state index in [1.807, 2.05) is 60.2 Å². The fourth-order valence-electron chi connectivity index (χ4n) is 2.69. The van der Waals surface area contributed by atoms with Crippen molar-refractivity contribution >= 4 is 23.4 Å². The summed E-state index contributed by atoms with van der Waals surface area (Å²) in [5.41, 5.74) is 1.54. The van der Waals surface area contributed by atoms with Gasteiger partial charge in [-0.15, -0.1) is 0 Å². The van der Waals surface area contributed by atoms with Crippen molar-refractivity contribution in [3.8, 4) is 22.9 Å². The minimum atomic E-state index is -0.115. The Balaban J connectivity index is 1.65. The van der Waals surface area contributed by atoms with Crippen LogP contribution in [0.3, 0.4) is 0 Å². The fraction of sp³-hybridized carbons (Fsp3) is 0.238. The number of nitrogens with zero attached hydrogens (tertiary/aromatic N) is 2. The predicted molar refractivity (Wildman–Crippen MR) is 114 cm³/mol. The number of hydrogen-bond acceptors (Lipinski definition) is 6. The maximum absolute atomic E-state index is 12.3. The summed E-state index contributed by atoms with van der Waals surface area (Å²) in [5, 5.41) is 3.57. The molecule has 0 radical (unpaired) electrons. The van der Waals surface area contributed by atoms with Gasteiger partial charge in [0.05, 0.1) is 32.3 Å². The highest BCUT2D eigenvalue weighted by Gasteiger charge is 2.13. The Hall–Kier alpha value is -3.13. The van der Waals surface area contributed by atoms with Gasteiger partial charge in [0.25, 0.3) is 0 Å². The zero-order chi connectivity index (χ0) is 20.6. The first-order chi connectivity index (χ1) is 14.1. The van der Waals surface area contributed by atoms with Gasteiger partial charge < -0.3 is 19.5 Å². The second-order valence-electron chi connectivity index (χ2n) is 5.91. The molecular formula is C21H23N3O4S. The highest BCUT2D eigenvalue weighted by Crippen LogP contribution is 2.31. The lowest BCUT2D eigenvalue weighted by Crippen LogP contribution is -2.14. The molecule has 2 aromatic carbocycles. The first-order valence-corrected chi connectivity index (χ1v) is 10.0. The van der Waals surface area contributed by atoms with Crippen molar-refractivity contribution in [2.75, 3.05) is 31.9 Å². The van der Waals surface area contributed by atoms with E-state index in [-0.39, 0.29) is 11.7 Å². The topological polar surface area (TPSA) is 74.6 Å².